The highest BCUT2D eigenvalue weighted by molar-refractivity contribution is 9.11. The van der Waals surface area contributed by atoms with Crippen LogP contribution < -0.4 is 0 Å². The zero-order valence-corrected chi connectivity index (χ0v) is 14.2. The van der Waals surface area contributed by atoms with Gasteiger partial charge in [0, 0.05) is 18.7 Å². The summed E-state index contributed by atoms with van der Waals surface area (Å²) in [5.41, 5.74) is 2.31. The minimum atomic E-state index is -0.0891. The number of halogens is 3. The second-order valence-corrected chi connectivity index (χ2v) is 7.66. The maximum absolute atomic E-state index is 6.56. The smallest absolute Gasteiger partial charge is 0.0846 e. The molecule has 1 heterocycles. The zero-order chi connectivity index (χ0) is 12.6. The average Bonchev–Trinajstić information content (AvgIpc) is 2.55. The van der Waals surface area contributed by atoms with Gasteiger partial charge in [-0.3, -0.25) is 0 Å². The molecule has 0 bridgehead atoms. The molecule has 1 aromatic carbocycles. The van der Waals surface area contributed by atoms with E-state index in [9.17, 15) is 0 Å². The van der Waals surface area contributed by atoms with Crippen LogP contribution in [0, 0.1) is 13.8 Å². The Morgan fingerprint density at radius 2 is 1.65 bits per heavy atom. The predicted octanol–water partition coefficient (Wildman–Crippen LogP) is 6.22. The van der Waals surface area contributed by atoms with Gasteiger partial charge in [0.1, 0.15) is 0 Å². The van der Waals surface area contributed by atoms with Gasteiger partial charge in [0.05, 0.1) is 5.38 Å². The summed E-state index contributed by atoms with van der Waals surface area (Å²) < 4.78 is 2.08. The number of benzene rings is 1. The largest absolute Gasteiger partial charge is 0.146 e. The van der Waals surface area contributed by atoms with E-state index in [0.717, 1.165) is 14.5 Å². The molecule has 0 saturated carbocycles. The van der Waals surface area contributed by atoms with Crippen molar-refractivity contribution >= 4 is 54.8 Å². The summed E-state index contributed by atoms with van der Waals surface area (Å²) in [6.45, 7) is 4.23. The predicted molar refractivity (Wildman–Crippen MR) is 83.3 cm³/mol. The highest BCUT2D eigenvalue weighted by Crippen LogP contribution is 2.37. The minimum absolute atomic E-state index is 0.0891. The van der Waals surface area contributed by atoms with Gasteiger partial charge in [-0.1, -0.05) is 31.9 Å². The lowest BCUT2D eigenvalue weighted by molar-refractivity contribution is 1.13. The number of hydrogen-bond donors (Lipinski definition) is 0. The third kappa shape index (κ3) is 3.14. The second-order valence-electron chi connectivity index (χ2n) is 3.93. The molecule has 0 N–H and O–H groups in total. The van der Waals surface area contributed by atoms with Gasteiger partial charge < -0.3 is 0 Å². The summed E-state index contributed by atoms with van der Waals surface area (Å²) in [6.07, 6.45) is 0. The first kappa shape index (κ1) is 13.6. The topological polar surface area (TPSA) is 0 Å². The van der Waals surface area contributed by atoms with Gasteiger partial charge in [-0.2, -0.15) is 0 Å². The van der Waals surface area contributed by atoms with Crippen LogP contribution >= 0.6 is 54.8 Å². The molecule has 1 aromatic heterocycles. The van der Waals surface area contributed by atoms with Crippen LogP contribution in [0.25, 0.3) is 0 Å². The third-order valence-electron chi connectivity index (χ3n) is 2.53. The van der Waals surface area contributed by atoms with Gasteiger partial charge in [-0.15, -0.1) is 22.9 Å². The van der Waals surface area contributed by atoms with Gasteiger partial charge in [0.2, 0.25) is 0 Å². The lowest BCUT2D eigenvalue weighted by Crippen LogP contribution is -1.93. The van der Waals surface area contributed by atoms with Crippen LogP contribution in [0.2, 0.25) is 0 Å². The SMILES string of the molecule is Cc1cc(C(Cl)c2cc(Br)cc(Br)c2)c(C)s1. The van der Waals surface area contributed by atoms with Crippen LogP contribution in [-0.4, -0.2) is 0 Å². The standard InChI is InChI=1S/C13H11Br2ClS/c1-7-3-12(8(2)17-7)13(16)9-4-10(14)6-11(15)5-9/h3-6,13H,1-2H3. The lowest BCUT2D eigenvalue weighted by atomic mass is 10.1. The van der Waals surface area contributed by atoms with Crippen LogP contribution in [0.15, 0.2) is 33.2 Å². The van der Waals surface area contributed by atoms with Crippen LogP contribution in [0.1, 0.15) is 26.3 Å². The molecule has 90 valence electrons. The van der Waals surface area contributed by atoms with E-state index in [1.165, 1.54) is 15.3 Å². The molecular formula is C13H11Br2ClS. The van der Waals surface area contributed by atoms with E-state index >= 15 is 0 Å². The van der Waals surface area contributed by atoms with Crippen molar-refractivity contribution < 1.29 is 0 Å². The van der Waals surface area contributed by atoms with Crippen LogP contribution in [0.5, 0.6) is 0 Å². The molecule has 4 heteroatoms. The van der Waals surface area contributed by atoms with Crippen molar-refractivity contribution in [3.63, 3.8) is 0 Å². The molecule has 0 saturated heterocycles. The molecule has 0 aliphatic heterocycles. The highest BCUT2D eigenvalue weighted by atomic mass is 79.9. The molecule has 0 radical (unpaired) electrons. The Morgan fingerprint density at radius 1 is 1.06 bits per heavy atom. The first-order valence-electron chi connectivity index (χ1n) is 5.14. The Balaban J connectivity index is 2.43. The number of rotatable bonds is 2. The Bertz CT molecular complexity index is 528. The van der Waals surface area contributed by atoms with E-state index in [0.29, 0.717) is 0 Å². The van der Waals surface area contributed by atoms with E-state index in [-0.39, 0.29) is 5.38 Å². The van der Waals surface area contributed by atoms with E-state index in [4.69, 9.17) is 11.6 Å². The summed E-state index contributed by atoms with van der Waals surface area (Å²) >= 11 is 15.3. The molecule has 1 unspecified atom stereocenters. The monoisotopic (exact) mass is 392 g/mol. The van der Waals surface area contributed by atoms with Gasteiger partial charge in [-0.05, 0) is 49.2 Å². The second kappa shape index (κ2) is 5.43. The molecule has 0 amide bonds. The van der Waals surface area contributed by atoms with Crippen molar-refractivity contribution in [2.24, 2.45) is 0 Å². The zero-order valence-electron chi connectivity index (χ0n) is 9.43. The fourth-order valence-corrected chi connectivity index (χ4v) is 4.51. The molecule has 0 aliphatic rings. The Labute approximate surface area is 127 Å². The minimum Gasteiger partial charge on any atom is -0.146 e. The maximum Gasteiger partial charge on any atom is 0.0846 e. The highest BCUT2D eigenvalue weighted by Gasteiger charge is 2.16. The molecule has 1 atom stereocenters. The van der Waals surface area contributed by atoms with Gasteiger partial charge in [0.15, 0.2) is 0 Å². The van der Waals surface area contributed by atoms with Crippen molar-refractivity contribution in [1.82, 2.24) is 0 Å². The summed E-state index contributed by atoms with van der Waals surface area (Å²) in [4.78, 5) is 2.59. The first-order chi connectivity index (χ1) is 7.97. The van der Waals surface area contributed by atoms with E-state index in [2.05, 4.69) is 63.9 Å². The summed E-state index contributed by atoms with van der Waals surface area (Å²) in [7, 11) is 0. The van der Waals surface area contributed by atoms with Crippen molar-refractivity contribution in [3.8, 4) is 0 Å². The molecule has 0 fully saturated rings. The van der Waals surface area contributed by atoms with Crippen LogP contribution in [0.3, 0.4) is 0 Å². The number of aryl methyl sites for hydroxylation is 2. The van der Waals surface area contributed by atoms with E-state index in [1.54, 1.807) is 11.3 Å². The number of alkyl halides is 1. The maximum atomic E-state index is 6.56. The Hall–Kier alpha value is 0.170. The van der Waals surface area contributed by atoms with Gasteiger partial charge >= 0.3 is 0 Å². The lowest BCUT2D eigenvalue weighted by Gasteiger charge is -2.11. The Kier molecular flexibility index (Phi) is 4.35. The summed E-state index contributed by atoms with van der Waals surface area (Å²) in [6, 6.07) is 8.31. The normalized spacial score (nSPS) is 12.8. The quantitative estimate of drug-likeness (QED) is 0.531. The molecule has 2 aromatic rings. The third-order valence-corrected chi connectivity index (χ3v) is 4.91. The molecule has 17 heavy (non-hydrogen) atoms. The average molecular weight is 395 g/mol. The fraction of sp³-hybridized carbons (Fsp3) is 0.231. The van der Waals surface area contributed by atoms with Gasteiger partial charge in [-0.25, -0.2) is 0 Å². The number of thiophene rings is 1. The molecular weight excluding hydrogens is 383 g/mol. The van der Waals surface area contributed by atoms with Crippen LogP contribution in [0.4, 0.5) is 0 Å². The number of hydrogen-bond acceptors (Lipinski definition) is 1. The van der Waals surface area contributed by atoms with Crippen molar-refractivity contribution in [2.45, 2.75) is 19.2 Å². The Morgan fingerprint density at radius 3 is 2.12 bits per heavy atom. The van der Waals surface area contributed by atoms with Gasteiger partial charge in [0.25, 0.3) is 0 Å². The molecule has 0 nitrogen and oxygen atoms in total. The molecule has 2 rings (SSSR count). The van der Waals surface area contributed by atoms with E-state index in [1.807, 2.05) is 6.07 Å². The van der Waals surface area contributed by atoms with Crippen LogP contribution in [-0.2, 0) is 0 Å². The van der Waals surface area contributed by atoms with Crippen molar-refractivity contribution in [2.75, 3.05) is 0 Å². The summed E-state index contributed by atoms with van der Waals surface area (Å²) in [5, 5.41) is -0.0891. The van der Waals surface area contributed by atoms with Crippen molar-refractivity contribution in [3.05, 3.63) is 54.1 Å². The summed E-state index contributed by atoms with van der Waals surface area (Å²) in [5.74, 6) is 0. The first-order valence-corrected chi connectivity index (χ1v) is 7.98. The fourth-order valence-electron chi connectivity index (χ4n) is 1.80. The molecule has 0 spiro atoms. The molecule has 0 aliphatic carbocycles. The van der Waals surface area contributed by atoms with E-state index < -0.39 is 0 Å². The van der Waals surface area contributed by atoms with Crippen molar-refractivity contribution in [1.29, 1.82) is 0 Å².